The van der Waals surface area contributed by atoms with Crippen LogP contribution in [0.2, 0.25) is 0 Å². The van der Waals surface area contributed by atoms with Gasteiger partial charge in [-0.1, -0.05) is 30.3 Å². The van der Waals surface area contributed by atoms with E-state index in [0.717, 1.165) is 23.9 Å². The third-order valence-corrected chi connectivity index (χ3v) is 7.90. The highest BCUT2D eigenvalue weighted by Gasteiger charge is 2.41. The fourth-order valence-electron chi connectivity index (χ4n) is 5.67. The second-order valence-corrected chi connectivity index (χ2v) is 10.6. The monoisotopic (exact) mass is 549 g/mol. The van der Waals surface area contributed by atoms with Crippen LogP contribution < -0.4 is 0 Å². The van der Waals surface area contributed by atoms with Crippen molar-refractivity contribution in [1.82, 2.24) is 9.88 Å². The van der Waals surface area contributed by atoms with Crippen LogP contribution in [0.5, 0.6) is 0 Å². The molecule has 1 fully saturated rings. The number of rotatable bonds is 8. The molecule has 10 heteroatoms. The number of carboxylic acid groups (broad SMARTS) is 3. The molecule has 5 N–H and O–H groups in total. The van der Waals surface area contributed by atoms with Gasteiger partial charge in [0, 0.05) is 22.1 Å². The van der Waals surface area contributed by atoms with Crippen LogP contribution in [0.15, 0.2) is 48.5 Å². The van der Waals surface area contributed by atoms with E-state index in [1.807, 2.05) is 18.2 Å². The molecule has 212 valence electrons. The van der Waals surface area contributed by atoms with Crippen molar-refractivity contribution >= 4 is 28.8 Å². The maximum Gasteiger partial charge on any atom is 0.336 e. The number of fused-ring (bicyclic) bond motifs is 1. The van der Waals surface area contributed by atoms with Crippen LogP contribution >= 0.6 is 0 Å². The number of nitrogens with zero attached hydrogens (tertiary/aromatic N) is 2. The summed E-state index contributed by atoms with van der Waals surface area (Å²) in [5, 5.41) is 44.2. The minimum absolute atomic E-state index is 0.131. The van der Waals surface area contributed by atoms with E-state index in [2.05, 4.69) is 67.3 Å². The van der Waals surface area contributed by atoms with Crippen molar-refractivity contribution in [3.63, 3.8) is 0 Å². The Morgan fingerprint density at radius 2 is 1.60 bits per heavy atom. The molecule has 1 aliphatic carbocycles. The lowest BCUT2D eigenvalue weighted by Gasteiger charge is -2.45. The molecule has 3 aromatic rings. The summed E-state index contributed by atoms with van der Waals surface area (Å²) in [5.41, 5.74) is 3.37. The minimum atomic E-state index is -2.74. The number of benzene rings is 2. The van der Waals surface area contributed by atoms with Crippen LogP contribution in [0.25, 0.3) is 10.9 Å². The van der Waals surface area contributed by atoms with Gasteiger partial charge in [-0.2, -0.15) is 5.26 Å². The highest BCUT2D eigenvalue weighted by Crippen LogP contribution is 2.47. The summed E-state index contributed by atoms with van der Waals surface area (Å²) in [4.78, 5) is 36.6. The maximum absolute atomic E-state index is 10.3. The minimum Gasteiger partial charge on any atom is -0.481 e. The number of nitriles is 1. The predicted molar refractivity (Wildman–Crippen MR) is 148 cm³/mol. The molecule has 10 nitrogen and oxygen atoms in total. The Hall–Kier alpha value is -4.20. The third kappa shape index (κ3) is 6.50. The summed E-state index contributed by atoms with van der Waals surface area (Å²) < 4.78 is 0. The highest BCUT2D eigenvalue weighted by atomic mass is 16.4. The van der Waals surface area contributed by atoms with Crippen LogP contribution in [0.4, 0.5) is 0 Å². The standard InChI is InChI=1S/C24H27N3.C6H8O7/c1-17-21-15-18(16-25)9-10-22(21)26-23(17)19-11-13-24(14-12-19,27(2)3)20-7-5-4-6-8-20;7-3(8)1-6(13,5(11)12)2-4(9)10/h4-10,15,19,26H,11-14H2,1-3H3;13H,1-2H2,(H,7,8)(H,9,10)(H,11,12). The average molecular weight is 550 g/mol. The highest BCUT2D eigenvalue weighted by molar-refractivity contribution is 5.88. The summed E-state index contributed by atoms with van der Waals surface area (Å²) in [7, 11) is 4.43. The lowest BCUT2D eigenvalue weighted by atomic mass is 9.71. The van der Waals surface area contributed by atoms with Crippen molar-refractivity contribution < 1.29 is 34.8 Å². The topological polar surface area (TPSA) is 175 Å². The number of aliphatic hydroxyl groups is 1. The molecular formula is C30H35N3O7. The molecule has 0 spiro atoms. The Morgan fingerprint density at radius 1 is 1.02 bits per heavy atom. The SMILES string of the molecule is Cc1c(C2CCC(c3ccccc3)(N(C)C)CC2)[nH]c2ccc(C#N)cc12.O=C(O)CC(O)(CC(=O)O)C(=O)O. The number of hydrogen-bond acceptors (Lipinski definition) is 6. The van der Waals surface area contributed by atoms with E-state index in [1.54, 1.807) is 0 Å². The van der Waals surface area contributed by atoms with Crippen molar-refractivity contribution in [3.8, 4) is 6.07 Å². The van der Waals surface area contributed by atoms with Gasteiger partial charge in [0.1, 0.15) is 0 Å². The quantitative estimate of drug-likeness (QED) is 0.275. The number of aromatic amines is 1. The van der Waals surface area contributed by atoms with E-state index in [9.17, 15) is 19.6 Å². The zero-order valence-corrected chi connectivity index (χ0v) is 22.8. The molecule has 0 radical (unpaired) electrons. The molecule has 0 atom stereocenters. The molecule has 1 aliphatic rings. The maximum atomic E-state index is 10.3. The number of nitrogens with one attached hydrogen (secondary N) is 1. The van der Waals surface area contributed by atoms with Gasteiger partial charge in [-0.3, -0.25) is 14.5 Å². The van der Waals surface area contributed by atoms with Crippen LogP contribution in [0, 0.1) is 18.3 Å². The van der Waals surface area contributed by atoms with Crippen LogP contribution in [0.1, 0.15) is 66.8 Å². The first-order valence-corrected chi connectivity index (χ1v) is 13.0. The number of hydrogen-bond donors (Lipinski definition) is 5. The fraction of sp³-hybridized carbons (Fsp3) is 0.400. The van der Waals surface area contributed by atoms with Gasteiger partial charge in [0.15, 0.2) is 5.60 Å². The van der Waals surface area contributed by atoms with E-state index < -0.39 is 36.4 Å². The molecule has 0 aliphatic heterocycles. The fourth-order valence-corrected chi connectivity index (χ4v) is 5.67. The molecule has 0 bridgehead atoms. The number of aliphatic carboxylic acids is 3. The molecular weight excluding hydrogens is 514 g/mol. The molecule has 0 amide bonds. The van der Waals surface area contributed by atoms with E-state index in [4.69, 9.17) is 20.4 Å². The first kappa shape index (κ1) is 30.3. The van der Waals surface area contributed by atoms with E-state index in [-0.39, 0.29) is 5.54 Å². The summed E-state index contributed by atoms with van der Waals surface area (Å²) in [6.45, 7) is 2.19. The summed E-state index contributed by atoms with van der Waals surface area (Å²) in [5.74, 6) is -4.46. The molecule has 1 saturated carbocycles. The van der Waals surface area contributed by atoms with Crippen molar-refractivity contribution in [1.29, 1.82) is 5.26 Å². The number of carboxylic acids is 3. The second-order valence-electron chi connectivity index (χ2n) is 10.6. The van der Waals surface area contributed by atoms with Gasteiger partial charge in [-0.25, -0.2) is 4.79 Å². The lowest BCUT2D eigenvalue weighted by Crippen LogP contribution is -2.44. The first-order valence-electron chi connectivity index (χ1n) is 13.0. The van der Waals surface area contributed by atoms with Gasteiger partial charge in [-0.15, -0.1) is 0 Å². The van der Waals surface area contributed by atoms with Gasteiger partial charge in [0.2, 0.25) is 0 Å². The second kappa shape index (κ2) is 12.3. The van der Waals surface area contributed by atoms with Crippen molar-refractivity contribution in [3.05, 3.63) is 70.9 Å². The van der Waals surface area contributed by atoms with E-state index in [1.165, 1.54) is 35.0 Å². The van der Waals surface area contributed by atoms with E-state index >= 15 is 0 Å². The predicted octanol–water partition coefficient (Wildman–Crippen LogP) is 4.21. The van der Waals surface area contributed by atoms with Gasteiger partial charge < -0.3 is 25.4 Å². The molecule has 0 saturated heterocycles. The Balaban J connectivity index is 0.000000289. The summed E-state index contributed by atoms with van der Waals surface area (Å²) in [6, 6.07) is 19.2. The number of aromatic nitrogens is 1. The van der Waals surface area contributed by atoms with Gasteiger partial charge in [-0.05, 0) is 81.9 Å². The smallest absolute Gasteiger partial charge is 0.336 e. The normalized spacial score (nSPS) is 18.9. The number of carbonyl (C=O) groups is 3. The van der Waals surface area contributed by atoms with Gasteiger partial charge >= 0.3 is 17.9 Å². The summed E-state index contributed by atoms with van der Waals surface area (Å²) in [6.07, 6.45) is 2.38. The molecule has 1 aromatic heterocycles. The van der Waals surface area contributed by atoms with Gasteiger partial charge in [0.25, 0.3) is 0 Å². The van der Waals surface area contributed by atoms with Crippen molar-refractivity contribution in [2.45, 2.75) is 62.5 Å². The molecule has 1 heterocycles. The van der Waals surface area contributed by atoms with Crippen LogP contribution in [-0.2, 0) is 19.9 Å². The lowest BCUT2D eigenvalue weighted by molar-refractivity contribution is -0.170. The zero-order valence-electron chi connectivity index (χ0n) is 22.8. The van der Waals surface area contributed by atoms with Crippen molar-refractivity contribution in [2.75, 3.05) is 14.1 Å². The largest absolute Gasteiger partial charge is 0.481 e. The van der Waals surface area contributed by atoms with Crippen molar-refractivity contribution in [2.24, 2.45) is 0 Å². The molecule has 0 unspecified atom stereocenters. The zero-order chi connectivity index (χ0) is 29.7. The Bertz CT molecular complexity index is 1400. The van der Waals surface area contributed by atoms with Crippen LogP contribution in [-0.4, -0.2) is 67.9 Å². The first-order chi connectivity index (χ1) is 18.8. The molecule has 40 heavy (non-hydrogen) atoms. The summed E-state index contributed by atoms with van der Waals surface area (Å²) >= 11 is 0. The third-order valence-electron chi connectivity index (χ3n) is 7.90. The molecule has 2 aromatic carbocycles. The number of H-pyrrole nitrogens is 1. The Morgan fingerprint density at radius 3 is 2.08 bits per heavy atom. The number of aryl methyl sites for hydroxylation is 1. The molecule has 4 rings (SSSR count). The van der Waals surface area contributed by atoms with Gasteiger partial charge in [0.05, 0.1) is 24.5 Å². The Labute approximate surface area is 232 Å². The Kier molecular flexibility index (Phi) is 9.35. The van der Waals surface area contributed by atoms with E-state index in [0.29, 0.717) is 5.92 Å². The average Bonchev–Trinajstić information content (AvgIpc) is 3.24. The van der Waals surface area contributed by atoms with Crippen LogP contribution in [0.3, 0.4) is 0 Å².